The molecule has 2 aromatic carbocycles. The maximum absolute atomic E-state index is 12.4. The van der Waals surface area contributed by atoms with Gasteiger partial charge in [0, 0.05) is 11.8 Å². The Balaban J connectivity index is 1.76. The normalized spacial score (nSPS) is 11.1. The van der Waals surface area contributed by atoms with Gasteiger partial charge in [-0.15, -0.1) is 0 Å². The third kappa shape index (κ3) is 3.86. The van der Waals surface area contributed by atoms with Crippen molar-refractivity contribution in [1.82, 2.24) is 19.4 Å². The van der Waals surface area contributed by atoms with Crippen LogP contribution >= 0.6 is 0 Å². The van der Waals surface area contributed by atoms with Crippen LogP contribution < -0.4 is 0 Å². The van der Waals surface area contributed by atoms with E-state index in [1.54, 1.807) is 34.5 Å². The highest BCUT2D eigenvalue weighted by molar-refractivity contribution is 5.96. The fraction of sp³-hybridized carbons (Fsp3) is 0.148. The molecule has 170 valence electrons. The minimum absolute atomic E-state index is 0.172. The smallest absolute Gasteiger partial charge is 0.338 e. The number of fused-ring (bicyclic) bond motifs is 1. The van der Waals surface area contributed by atoms with Crippen LogP contribution in [0, 0.1) is 6.92 Å². The molecule has 1 N–H and O–H groups in total. The van der Waals surface area contributed by atoms with Crippen LogP contribution in [0.2, 0.25) is 0 Å². The fourth-order valence-corrected chi connectivity index (χ4v) is 4.00. The predicted molar refractivity (Wildman–Crippen MR) is 130 cm³/mol. The maximum atomic E-state index is 12.4. The number of aliphatic hydroxyl groups is 1. The summed E-state index contributed by atoms with van der Waals surface area (Å²) in [4.78, 5) is 12.4. The minimum atomic E-state index is -0.389. The van der Waals surface area contributed by atoms with Gasteiger partial charge in [-0.25, -0.2) is 14.0 Å². The van der Waals surface area contributed by atoms with Gasteiger partial charge in [-0.2, -0.15) is 10.2 Å². The van der Waals surface area contributed by atoms with Crippen molar-refractivity contribution in [1.29, 1.82) is 0 Å². The van der Waals surface area contributed by atoms with Gasteiger partial charge in [-0.1, -0.05) is 48.0 Å². The van der Waals surface area contributed by atoms with Crippen molar-refractivity contribution in [3.05, 3.63) is 95.8 Å². The summed E-state index contributed by atoms with van der Waals surface area (Å²) >= 11 is 0. The molecule has 7 nitrogen and oxygen atoms in total. The molecule has 34 heavy (non-hydrogen) atoms. The average molecular weight is 453 g/mol. The van der Waals surface area contributed by atoms with E-state index >= 15 is 0 Å². The summed E-state index contributed by atoms with van der Waals surface area (Å²) in [6.45, 7) is 3.94. The highest BCUT2D eigenvalue weighted by Gasteiger charge is 2.22. The molecule has 0 amide bonds. The monoisotopic (exact) mass is 452 g/mol. The topological polar surface area (TPSA) is 81.6 Å². The molecular formula is C27H24N4O3. The van der Waals surface area contributed by atoms with E-state index in [-0.39, 0.29) is 12.6 Å². The van der Waals surface area contributed by atoms with Gasteiger partial charge in [-0.05, 0) is 44.2 Å². The van der Waals surface area contributed by atoms with E-state index in [1.807, 2.05) is 67.6 Å². The molecule has 0 aliphatic carbocycles. The lowest BCUT2D eigenvalue weighted by molar-refractivity contribution is 0.0526. The van der Waals surface area contributed by atoms with E-state index in [4.69, 9.17) is 14.9 Å². The van der Waals surface area contributed by atoms with E-state index in [9.17, 15) is 9.90 Å². The molecule has 0 spiro atoms. The molecule has 0 atom stereocenters. The van der Waals surface area contributed by atoms with Gasteiger partial charge < -0.3 is 9.84 Å². The Morgan fingerprint density at radius 1 is 1.00 bits per heavy atom. The Hall–Kier alpha value is -4.23. The van der Waals surface area contributed by atoms with Gasteiger partial charge in [-0.3, -0.25) is 0 Å². The number of pyridine rings is 1. The van der Waals surface area contributed by atoms with Crippen LogP contribution in [0.15, 0.2) is 79.0 Å². The molecule has 3 aromatic heterocycles. The Labute approximate surface area is 196 Å². The number of aromatic nitrogens is 4. The van der Waals surface area contributed by atoms with Crippen molar-refractivity contribution in [2.45, 2.75) is 20.5 Å². The van der Waals surface area contributed by atoms with Gasteiger partial charge in [0.1, 0.15) is 5.69 Å². The number of esters is 1. The summed E-state index contributed by atoms with van der Waals surface area (Å²) in [5.74, 6) is -0.389. The second kappa shape index (κ2) is 8.96. The standard InChI is InChI=1S/C27H24N4O3/c1-3-34-27(33)20-13-14-30-24(15-20)25(26(29-30)19-11-9-18(2)10-12-19)23-16-22(17-32)31(28-23)21-7-5-4-6-8-21/h4-16,32H,3,17H2,1-2H3. The molecule has 5 rings (SSSR count). The van der Waals surface area contributed by atoms with Gasteiger partial charge in [0.15, 0.2) is 0 Å². The summed E-state index contributed by atoms with van der Waals surface area (Å²) < 4.78 is 8.68. The molecule has 0 saturated carbocycles. The van der Waals surface area contributed by atoms with Gasteiger partial charge >= 0.3 is 5.97 Å². The number of hydrogen-bond acceptors (Lipinski definition) is 5. The van der Waals surface area contributed by atoms with Crippen molar-refractivity contribution in [2.75, 3.05) is 6.61 Å². The largest absolute Gasteiger partial charge is 0.462 e. The van der Waals surface area contributed by atoms with E-state index in [0.717, 1.165) is 33.6 Å². The number of nitrogens with zero attached hydrogens (tertiary/aromatic N) is 4. The predicted octanol–water partition coefficient (Wildman–Crippen LogP) is 4.83. The lowest BCUT2D eigenvalue weighted by Gasteiger charge is -2.05. The molecule has 0 fully saturated rings. The molecule has 0 saturated heterocycles. The maximum Gasteiger partial charge on any atom is 0.338 e. The van der Waals surface area contributed by atoms with Gasteiger partial charge in [0.25, 0.3) is 0 Å². The first kappa shape index (κ1) is 21.6. The van der Waals surface area contributed by atoms with Gasteiger partial charge in [0.05, 0.1) is 46.9 Å². The number of benzene rings is 2. The quantitative estimate of drug-likeness (QED) is 0.373. The van der Waals surface area contributed by atoms with Crippen LogP contribution in [0.25, 0.3) is 33.7 Å². The number of ether oxygens (including phenoxy) is 1. The zero-order chi connectivity index (χ0) is 23.7. The number of rotatable bonds is 6. The highest BCUT2D eigenvalue weighted by atomic mass is 16.5. The molecule has 0 bridgehead atoms. The molecule has 7 heteroatoms. The Kier molecular flexibility index (Phi) is 5.69. The molecule has 3 heterocycles. The Bertz CT molecular complexity index is 1470. The Morgan fingerprint density at radius 3 is 2.47 bits per heavy atom. The van der Waals surface area contributed by atoms with E-state index in [2.05, 4.69) is 0 Å². The van der Waals surface area contributed by atoms with Crippen molar-refractivity contribution >= 4 is 11.5 Å². The molecule has 0 radical (unpaired) electrons. The second-order valence-corrected chi connectivity index (χ2v) is 7.98. The van der Waals surface area contributed by atoms with Crippen molar-refractivity contribution < 1.29 is 14.6 Å². The van der Waals surface area contributed by atoms with Crippen LogP contribution in [0.4, 0.5) is 0 Å². The van der Waals surface area contributed by atoms with Crippen molar-refractivity contribution in [3.63, 3.8) is 0 Å². The van der Waals surface area contributed by atoms with E-state index in [0.29, 0.717) is 23.6 Å². The summed E-state index contributed by atoms with van der Waals surface area (Å²) in [5, 5.41) is 19.7. The number of para-hydroxylation sites is 1. The molecule has 0 aliphatic rings. The molecule has 0 aliphatic heterocycles. The lowest BCUT2D eigenvalue weighted by Crippen LogP contribution is -2.05. The van der Waals surface area contributed by atoms with Gasteiger partial charge in [0.2, 0.25) is 0 Å². The summed E-state index contributed by atoms with van der Waals surface area (Å²) in [6, 6.07) is 23.1. The Morgan fingerprint density at radius 2 is 1.76 bits per heavy atom. The zero-order valence-corrected chi connectivity index (χ0v) is 19.0. The van der Waals surface area contributed by atoms with E-state index < -0.39 is 0 Å². The number of hydrogen-bond donors (Lipinski definition) is 1. The minimum Gasteiger partial charge on any atom is -0.462 e. The molecular weight excluding hydrogens is 428 g/mol. The number of aryl methyl sites for hydroxylation is 1. The summed E-state index contributed by atoms with van der Waals surface area (Å²) in [5.41, 5.74) is 6.91. The SMILES string of the molecule is CCOC(=O)c1ccn2nc(-c3ccc(C)cc3)c(-c3cc(CO)n(-c4ccccc4)n3)c2c1. The fourth-order valence-electron chi connectivity index (χ4n) is 4.00. The van der Waals surface area contributed by atoms with Crippen LogP contribution in [0.5, 0.6) is 0 Å². The number of carbonyl (C=O) groups is 1. The third-order valence-electron chi connectivity index (χ3n) is 5.67. The third-order valence-corrected chi connectivity index (χ3v) is 5.67. The number of aliphatic hydroxyl groups excluding tert-OH is 1. The van der Waals surface area contributed by atoms with Crippen LogP contribution in [0.3, 0.4) is 0 Å². The summed E-state index contributed by atoms with van der Waals surface area (Å²) in [6.07, 6.45) is 1.75. The zero-order valence-electron chi connectivity index (χ0n) is 19.0. The van der Waals surface area contributed by atoms with Crippen molar-refractivity contribution in [2.24, 2.45) is 0 Å². The summed E-state index contributed by atoms with van der Waals surface area (Å²) in [7, 11) is 0. The number of carbonyl (C=O) groups excluding carboxylic acids is 1. The molecule has 0 unspecified atom stereocenters. The van der Waals surface area contributed by atoms with Crippen molar-refractivity contribution in [3.8, 4) is 28.2 Å². The van der Waals surface area contributed by atoms with E-state index in [1.165, 1.54) is 0 Å². The lowest BCUT2D eigenvalue weighted by atomic mass is 10.0. The second-order valence-electron chi connectivity index (χ2n) is 7.98. The van der Waals surface area contributed by atoms with Crippen LogP contribution in [0.1, 0.15) is 28.5 Å². The molecule has 5 aromatic rings. The first-order chi connectivity index (χ1) is 16.6. The first-order valence-electron chi connectivity index (χ1n) is 11.1. The first-order valence-corrected chi connectivity index (χ1v) is 11.1. The highest BCUT2D eigenvalue weighted by Crippen LogP contribution is 2.36. The van der Waals surface area contributed by atoms with Crippen LogP contribution in [-0.2, 0) is 11.3 Å². The van der Waals surface area contributed by atoms with Crippen LogP contribution in [-0.4, -0.2) is 37.1 Å². The average Bonchev–Trinajstić information content (AvgIpc) is 3.46.